The van der Waals surface area contributed by atoms with E-state index in [0.717, 1.165) is 50.0 Å². The van der Waals surface area contributed by atoms with Gasteiger partial charge in [0.25, 0.3) is 0 Å². The van der Waals surface area contributed by atoms with Crippen LogP contribution in [0.4, 0.5) is 0 Å². The maximum absolute atomic E-state index is 11.3. The van der Waals surface area contributed by atoms with Crippen molar-refractivity contribution in [3.05, 3.63) is 36.0 Å². The van der Waals surface area contributed by atoms with Crippen LogP contribution in [0.1, 0.15) is 31.2 Å². The van der Waals surface area contributed by atoms with Crippen LogP contribution in [0.15, 0.2) is 30.5 Å². The molecule has 2 aliphatic rings. The average Bonchev–Trinajstić information content (AvgIpc) is 2.61. The molecular formula is C19H22N2O2. The van der Waals surface area contributed by atoms with Gasteiger partial charge in [-0.25, -0.2) is 0 Å². The number of amides is 1. The molecule has 0 bridgehead atoms. The van der Waals surface area contributed by atoms with Crippen LogP contribution in [-0.2, 0) is 11.2 Å². The number of aromatic nitrogens is 1. The lowest BCUT2D eigenvalue weighted by molar-refractivity contribution is -0.123. The molecule has 1 saturated carbocycles. The number of rotatable bonds is 2. The van der Waals surface area contributed by atoms with Gasteiger partial charge in [0.15, 0.2) is 0 Å². The number of benzene rings is 1. The normalized spacial score (nSPS) is 27.2. The molecule has 120 valence electrons. The van der Waals surface area contributed by atoms with E-state index in [1.54, 1.807) is 0 Å². The second-order valence-electron chi connectivity index (χ2n) is 6.91. The summed E-state index contributed by atoms with van der Waals surface area (Å²) in [5.41, 5.74) is 7.78. The summed E-state index contributed by atoms with van der Waals surface area (Å²) in [7, 11) is 0. The fraction of sp³-hybridized carbons (Fsp3) is 0.474. The fourth-order valence-electron chi connectivity index (χ4n) is 4.21. The molecular weight excluding hydrogens is 288 g/mol. The Morgan fingerprint density at radius 2 is 1.91 bits per heavy atom. The predicted molar refractivity (Wildman–Crippen MR) is 89.1 cm³/mol. The molecule has 2 N–H and O–H groups in total. The number of primary amides is 1. The number of hydrogen-bond donors (Lipinski definition) is 1. The summed E-state index contributed by atoms with van der Waals surface area (Å²) in [6.07, 6.45) is 6.93. The third kappa shape index (κ3) is 2.67. The van der Waals surface area contributed by atoms with E-state index >= 15 is 0 Å². The lowest BCUT2D eigenvalue weighted by Gasteiger charge is -2.35. The van der Waals surface area contributed by atoms with Crippen molar-refractivity contribution >= 4 is 16.8 Å². The zero-order valence-electron chi connectivity index (χ0n) is 13.2. The van der Waals surface area contributed by atoms with E-state index in [4.69, 9.17) is 10.5 Å². The van der Waals surface area contributed by atoms with Crippen molar-refractivity contribution in [1.29, 1.82) is 0 Å². The molecule has 1 amide bonds. The summed E-state index contributed by atoms with van der Waals surface area (Å²) >= 11 is 0. The minimum Gasteiger partial charge on any atom is -0.491 e. The van der Waals surface area contributed by atoms with Gasteiger partial charge in [-0.15, -0.1) is 0 Å². The fourth-order valence-corrected chi connectivity index (χ4v) is 4.21. The monoisotopic (exact) mass is 310 g/mol. The molecule has 1 fully saturated rings. The van der Waals surface area contributed by atoms with Crippen LogP contribution in [0, 0.1) is 17.8 Å². The number of carbonyl (C=O) groups is 1. The standard InChI is InChI=1S/C19H22N2O2/c20-19(22)13-7-5-12(6-8-13)14-9-16-15-3-1-2-4-17(15)21-10-18(16)23-11-14/h1-4,10,12-14H,5-9,11H2,(H2,20,22)/t12-,13-,14?. The highest BCUT2D eigenvalue weighted by Gasteiger charge is 2.33. The van der Waals surface area contributed by atoms with E-state index in [1.165, 1.54) is 10.9 Å². The molecule has 1 atom stereocenters. The molecule has 0 spiro atoms. The van der Waals surface area contributed by atoms with Crippen molar-refractivity contribution < 1.29 is 9.53 Å². The highest BCUT2D eigenvalue weighted by Crippen LogP contribution is 2.40. The molecule has 4 heteroatoms. The molecule has 0 saturated heterocycles. The molecule has 2 heterocycles. The van der Waals surface area contributed by atoms with Crippen LogP contribution in [-0.4, -0.2) is 17.5 Å². The second-order valence-corrected chi connectivity index (χ2v) is 6.91. The molecule has 1 aliphatic carbocycles. The number of pyridine rings is 1. The van der Waals surface area contributed by atoms with E-state index in [-0.39, 0.29) is 11.8 Å². The van der Waals surface area contributed by atoms with Crippen molar-refractivity contribution in [2.75, 3.05) is 6.61 Å². The van der Waals surface area contributed by atoms with Gasteiger partial charge in [-0.1, -0.05) is 18.2 Å². The summed E-state index contributed by atoms with van der Waals surface area (Å²) in [5, 5.41) is 1.21. The molecule has 4 rings (SSSR count). The molecule has 0 radical (unpaired) electrons. The first-order valence-electron chi connectivity index (χ1n) is 8.51. The highest BCUT2D eigenvalue weighted by molar-refractivity contribution is 5.84. The average molecular weight is 310 g/mol. The van der Waals surface area contributed by atoms with Crippen LogP contribution >= 0.6 is 0 Å². The maximum Gasteiger partial charge on any atom is 0.220 e. The van der Waals surface area contributed by atoms with Gasteiger partial charge in [0.2, 0.25) is 5.91 Å². The Hall–Kier alpha value is -2.10. The van der Waals surface area contributed by atoms with Crippen LogP contribution < -0.4 is 10.5 Å². The lowest BCUT2D eigenvalue weighted by atomic mass is 9.73. The molecule has 1 aromatic heterocycles. The zero-order valence-corrected chi connectivity index (χ0v) is 13.2. The Labute approximate surface area is 136 Å². The highest BCUT2D eigenvalue weighted by atomic mass is 16.5. The largest absolute Gasteiger partial charge is 0.491 e. The molecule has 4 nitrogen and oxygen atoms in total. The zero-order chi connectivity index (χ0) is 15.8. The van der Waals surface area contributed by atoms with Crippen molar-refractivity contribution in [2.45, 2.75) is 32.1 Å². The number of hydrogen-bond acceptors (Lipinski definition) is 3. The minimum absolute atomic E-state index is 0.0769. The minimum atomic E-state index is -0.134. The Kier molecular flexibility index (Phi) is 3.68. The number of fused-ring (bicyclic) bond motifs is 3. The Morgan fingerprint density at radius 1 is 1.13 bits per heavy atom. The number of para-hydroxylation sites is 1. The van der Waals surface area contributed by atoms with Crippen molar-refractivity contribution in [3.63, 3.8) is 0 Å². The van der Waals surface area contributed by atoms with Crippen molar-refractivity contribution in [2.24, 2.45) is 23.5 Å². The summed E-state index contributed by atoms with van der Waals surface area (Å²) in [5.74, 6) is 2.04. The summed E-state index contributed by atoms with van der Waals surface area (Å²) in [6.45, 7) is 0.763. The first kappa shape index (κ1) is 14.5. The van der Waals surface area contributed by atoms with E-state index in [9.17, 15) is 4.79 Å². The van der Waals surface area contributed by atoms with Gasteiger partial charge in [0, 0.05) is 16.9 Å². The van der Waals surface area contributed by atoms with Gasteiger partial charge in [-0.3, -0.25) is 9.78 Å². The van der Waals surface area contributed by atoms with E-state index in [2.05, 4.69) is 23.2 Å². The summed E-state index contributed by atoms with van der Waals surface area (Å²) < 4.78 is 6.02. The predicted octanol–water partition coefficient (Wildman–Crippen LogP) is 3.08. The molecule has 1 unspecified atom stereocenters. The summed E-state index contributed by atoms with van der Waals surface area (Å²) in [6, 6.07) is 8.27. The first-order chi connectivity index (χ1) is 11.2. The van der Waals surface area contributed by atoms with Crippen LogP contribution in [0.3, 0.4) is 0 Å². The number of carbonyl (C=O) groups excluding carboxylic acids is 1. The quantitative estimate of drug-likeness (QED) is 0.927. The van der Waals surface area contributed by atoms with Gasteiger partial charge < -0.3 is 10.5 Å². The van der Waals surface area contributed by atoms with Crippen molar-refractivity contribution in [3.8, 4) is 5.75 Å². The Morgan fingerprint density at radius 3 is 2.70 bits per heavy atom. The smallest absolute Gasteiger partial charge is 0.220 e. The van der Waals surface area contributed by atoms with Gasteiger partial charge in [0.05, 0.1) is 18.3 Å². The Balaban J connectivity index is 1.55. The molecule has 1 aliphatic heterocycles. The SMILES string of the molecule is NC(=O)[C@H]1CC[C@H](C2COc3cnc4ccccc4c3C2)CC1. The molecule has 1 aromatic carbocycles. The molecule has 2 aromatic rings. The number of nitrogens with zero attached hydrogens (tertiary/aromatic N) is 1. The molecule has 23 heavy (non-hydrogen) atoms. The topological polar surface area (TPSA) is 65.2 Å². The van der Waals surface area contributed by atoms with E-state index in [0.29, 0.717) is 11.8 Å². The van der Waals surface area contributed by atoms with Gasteiger partial charge in [0.1, 0.15) is 5.75 Å². The third-order valence-corrected chi connectivity index (χ3v) is 5.61. The van der Waals surface area contributed by atoms with Crippen LogP contribution in [0.25, 0.3) is 10.9 Å². The maximum atomic E-state index is 11.3. The summed E-state index contributed by atoms with van der Waals surface area (Å²) in [4.78, 5) is 15.8. The van der Waals surface area contributed by atoms with Crippen LogP contribution in [0.2, 0.25) is 0 Å². The number of nitrogens with two attached hydrogens (primary N) is 1. The van der Waals surface area contributed by atoms with Crippen LogP contribution in [0.5, 0.6) is 5.75 Å². The van der Waals surface area contributed by atoms with Gasteiger partial charge >= 0.3 is 0 Å². The lowest BCUT2D eigenvalue weighted by Crippen LogP contribution is -2.34. The number of ether oxygens (including phenoxy) is 1. The van der Waals surface area contributed by atoms with Gasteiger partial charge in [-0.05, 0) is 50.0 Å². The Bertz CT molecular complexity index is 735. The second kappa shape index (κ2) is 5.84. The third-order valence-electron chi connectivity index (χ3n) is 5.61. The van der Waals surface area contributed by atoms with E-state index < -0.39 is 0 Å². The van der Waals surface area contributed by atoms with Gasteiger partial charge in [-0.2, -0.15) is 0 Å². The first-order valence-corrected chi connectivity index (χ1v) is 8.51. The van der Waals surface area contributed by atoms with E-state index in [1.807, 2.05) is 12.3 Å². The van der Waals surface area contributed by atoms with Crippen molar-refractivity contribution in [1.82, 2.24) is 4.98 Å².